The molecule has 1 heterocycles. The number of hydrogen-bond donors (Lipinski definition) is 1. The van der Waals surface area contributed by atoms with Gasteiger partial charge >= 0.3 is 0 Å². The van der Waals surface area contributed by atoms with Crippen LogP contribution in [0.3, 0.4) is 0 Å². The number of halogens is 1. The second kappa shape index (κ2) is 5.67. The summed E-state index contributed by atoms with van der Waals surface area (Å²) in [4.78, 5) is 2.45. The van der Waals surface area contributed by atoms with Crippen molar-refractivity contribution in [2.45, 2.75) is 18.8 Å². The maximum atomic E-state index is 5.89. The first-order valence-electron chi connectivity index (χ1n) is 5.97. The first-order valence-corrected chi connectivity index (χ1v) is 6.35. The molecule has 0 spiro atoms. The van der Waals surface area contributed by atoms with Crippen LogP contribution < -0.4 is 5.73 Å². The summed E-state index contributed by atoms with van der Waals surface area (Å²) in [7, 11) is 0. The van der Waals surface area contributed by atoms with Crippen molar-refractivity contribution in [3.05, 3.63) is 34.9 Å². The third-order valence-corrected chi connectivity index (χ3v) is 3.63. The molecule has 88 valence electrons. The normalized spacial score (nSPS) is 18.9. The molecular formula is C13H19ClN2. The monoisotopic (exact) mass is 238 g/mol. The third kappa shape index (κ3) is 2.97. The topological polar surface area (TPSA) is 29.3 Å². The van der Waals surface area contributed by atoms with Crippen molar-refractivity contribution < 1.29 is 0 Å². The van der Waals surface area contributed by atoms with Crippen molar-refractivity contribution >= 4 is 11.6 Å². The SMILES string of the molecule is NCCN1CCC(c2ccc(Cl)cc2)CC1. The fourth-order valence-electron chi connectivity index (χ4n) is 2.41. The minimum Gasteiger partial charge on any atom is -0.329 e. The van der Waals surface area contributed by atoms with Gasteiger partial charge in [0.25, 0.3) is 0 Å². The lowest BCUT2D eigenvalue weighted by atomic mass is 9.89. The molecule has 0 unspecified atom stereocenters. The Labute approximate surface area is 102 Å². The van der Waals surface area contributed by atoms with Crippen LogP contribution in [0.15, 0.2) is 24.3 Å². The standard InChI is InChI=1S/C13H19ClN2/c14-13-3-1-11(2-4-13)12-5-8-16(9-6-12)10-7-15/h1-4,12H,5-10,15H2. The van der Waals surface area contributed by atoms with Crippen LogP contribution >= 0.6 is 11.6 Å². The van der Waals surface area contributed by atoms with Crippen LogP contribution in [0.5, 0.6) is 0 Å². The van der Waals surface area contributed by atoms with Gasteiger partial charge in [0, 0.05) is 18.1 Å². The number of nitrogens with zero attached hydrogens (tertiary/aromatic N) is 1. The summed E-state index contributed by atoms with van der Waals surface area (Å²) in [5.74, 6) is 0.700. The van der Waals surface area contributed by atoms with Gasteiger partial charge in [-0.25, -0.2) is 0 Å². The highest BCUT2D eigenvalue weighted by Gasteiger charge is 2.19. The van der Waals surface area contributed by atoms with Crippen molar-refractivity contribution in [3.63, 3.8) is 0 Å². The van der Waals surface area contributed by atoms with Gasteiger partial charge in [0.1, 0.15) is 0 Å². The van der Waals surface area contributed by atoms with Gasteiger partial charge in [-0.1, -0.05) is 23.7 Å². The van der Waals surface area contributed by atoms with Crippen molar-refractivity contribution in [3.8, 4) is 0 Å². The lowest BCUT2D eigenvalue weighted by Crippen LogP contribution is -2.36. The summed E-state index contributed by atoms with van der Waals surface area (Å²) >= 11 is 5.89. The van der Waals surface area contributed by atoms with E-state index in [1.807, 2.05) is 12.1 Å². The molecule has 0 atom stereocenters. The molecule has 16 heavy (non-hydrogen) atoms. The summed E-state index contributed by atoms with van der Waals surface area (Å²) in [6, 6.07) is 8.30. The fraction of sp³-hybridized carbons (Fsp3) is 0.538. The highest BCUT2D eigenvalue weighted by molar-refractivity contribution is 6.30. The molecule has 3 heteroatoms. The van der Waals surface area contributed by atoms with Gasteiger partial charge in [0.2, 0.25) is 0 Å². The Morgan fingerprint density at radius 1 is 1.19 bits per heavy atom. The number of nitrogens with two attached hydrogens (primary N) is 1. The van der Waals surface area contributed by atoms with Gasteiger partial charge in [0.15, 0.2) is 0 Å². The zero-order valence-electron chi connectivity index (χ0n) is 9.53. The summed E-state index contributed by atoms with van der Waals surface area (Å²) in [6.07, 6.45) is 2.48. The minimum atomic E-state index is 0.700. The quantitative estimate of drug-likeness (QED) is 0.877. The fourth-order valence-corrected chi connectivity index (χ4v) is 2.53. The summed E-state index contributed by atoms with van der Waals surface area (Å²) in [5, 5.41) is 0.823. The van der Waals surface area contributed by atoms with Gasteiger partial charge in [-0.05, 0) is 49.5 Å². The molecule has 0 amide bonds. The van der Waals surface area contributed by atoms with E-state index >= 15 is 0 Å². The Morgan fingerprint density at radius 3 is 2.38 bits per heavy atom. The number of piperidine rings is 1. The average molecular weight is 239 g/mol. The van der Waals surface area contributed by atoms with E-state index in [1.165, 1.54) is 31.5 Å². The molecule has 2 rings (SSSR count). The van der Waals surface area contributed by atoms with Crippen LogP contribution in [-0.4, -0.2) is 31.1 Å². The molecule has 0 saturated carbocycles. The van der Waals surface area contributed by atoms with E-state index in [9.17, 15) is 0 Å². The first-order chi connectivity index (χ1) is 7.79. The van der Waals surface area contributed by atoms with Crippen LogP contribution in [-0.2, 0) is 0 Å². The zero-order valence-corrected chi connectivity index (χ0v) is 10.3. The molecule has 1 aromatic carbocycles. The summed E-state index contributed by atoms with van der Waals surface area (Å²) < 4.78 is 0. The van der Waals surface area contributed by atoms with E-state index in [0.717, 1.165) is 18.1 Å². The second-order valence-corrected chi connectivity index (χ2v) is 4.89. The zero-order chi connectivity index (χ0) is 11.4. The summed E-state index contributed by atoms with van der Waals surface area (Å²) in [5.41, 5.74) is 6.99. The Bertz CT molecular complexity index is 315. The Hall–Kier alpha value is -0.570. The molecule has 0 bridgehead atoms. The van der Waals surface area contributed by atoms with Crippen LogP contribution in [0.1, 0.15) is 24.3 Å². The molecule has 1 fully saturated rings. The van der Waals surface area contributed by atoms with E-state index in [-0.39, 0.29) is 0 Å². The van der Waals surface area contributed by atoms with Gasteiger partial charge in [-0.2, -0.15) is 0 Å². The van der Waals surface area contributed by atoms with Gasteiger partial charge in [-0.15, -0.1) is 0 Å². The third-order valence-electron chi connectivity index (χ3n) is 3.37. The van der Waals surface area contributed by atoms with Crippen molar-refractivity contribution in [1.82, 2.24) is 4.90 Å². The first kappa shape index (κ1) is 11.9. The molecule has 0 radical (unpaired) electrons. The maximum Gasteiger partial charge on any atom is 0.0406 e. The maximum absolute atomic E-state index is 5.89. The Kier molecular flexibility index (Phi) is 4.22. The van der Waals surface area contributed by atoms with E-state index in [4.69, 9.17) is 17.3 Å². The van der Waals surface area contributed by atoms with Crippen molar-refractivity contribution in [1.29, 1.82) is 0 Å². The largest absolute Gasteiger partial charge is 0.329 e. The number of rotatable bonds is 3. The predicted octanol–water partition coefficient (Wildman–Crippen LogP) is 2.48. The molecule has 1 aliphatic rings. The van der Waals surface area contributed by atoms with Gasteiger partial charge in [-0.3, -0.25) is 0 Å². The van der Waals surface area contributed by atoms with E-state index in [2.05, 4.69) is 17.0 Å². The Balaban J connectivity index is 1.91. The Morgan fingerprint density at radius 2 is 1.81 bits per heavy atom. The lowest BCUT2D eigenvalue weighted by molar-refractivity contribution is 0.218. The van der Waals surface area contributed by atoms with Crippen molar-refractivity contribution in [2.24, 2.45) is 5.73 Å². The van der Waals surface area contributed by atoms with Crippen molar-refractivity contribution in [2.75, 3.05) is 26.2 Å². The van der Waals surface area contributed by atoms with Crippen LogP contribution in [0.2, 0.25) is 5.02 Å². The average Bonchev–Trinajstić information content (AvgIpc) is 2.32. The molecule has 1 aromatic rings. The molecule has 0 aliphatic carbocycles. The number of benzene rings is 1. The highest BCUT2D eigenvalue weighted by Crippen LogP contribution is 2.28. The molecule has 1 saturated heterocycles. The minimum absolute atomic E-state index is 0.700. The second-order valence-electron chi connectivity index (χ2n) is 4.46. The molecule has 0 aromatic heterocycles. The molecule has 2 N–H and O–H groups in total. The lowest BCUT2D eigenvalue weighted by Gasteiger charge is -2.31. The molecular weight excluding hydrogens is 220 g/mol. The molecule has 1 aliphatic heterocycles. The smallest absolute Gasteiger partial charge is 0.0406 e. The van der Waals surface area contributed by atoms with Crippen LogP contribution in [0.25, 0.3) is 0 Å². The molecule has 2 nitrogen and oxygen atoms in total. The van der Waals surface area contributed by atoms with Gasteiger partial charge in [0.05, 0.1) is 0 Å². The van der Waals surface area contributed by atoms with Crippen LogP contribution in [0.4, 0.5) is 0 Å². The van der Waals surface area contributed by atoms with E-state index in [0.29, 0.717) is 5.92 Å². The number of likely N-dealkylation sites (tertiary alicyclic amines) is 1. The number of hydrogen-bond acceptors (Lipinski definition) is 2. The highest BCUT2D eigenvalue weighted by atomic mass is 35.5. The summed E-state index contributed by atoms with van der Waals surface area (Å²) in [6.45, 7) is 4.15. The van der Waals surface area contributed by atoms with Gasteiger partial charge < -0.3 is 10.6 Å². The van der Waals surface area contributed by atoms with E-state index in [1.54, 1.807) is 0 Å². The predicted molar refractivity (Wildman–Crippen MR) is 68.9 cm³/mol. The van der Waals surface area contributed by atoms with E-state index < -0.39 is 0 Å². The van der Waals surface area contributed by atoms with Crippen LogP contribution in [0, 0.1) is 0 Å².